The summed E-state index contributed by atoms with van der Waals surface area (Å²) in [5.41, 5.74) is 8.19. The SMILES string of the molecule is CCC(CC)(c1ccccc1)C(N)C(C)(C)C. The van der Waals surface area contributed by atoms with Crippen LogP contribution in [0.15, 0.2) is 30.3 Å². The monoisotopic (exact) mass is 233 g/mol. The first-order chi connectivity index (χ1) is 7.88. The van der Waals surface area contributed by atoms with Crippen molar-refractivity contribution in [2.24, 2.45) is 11.1 Å². The lowest BCUT2D eigenvalue weighted by molar-refractivity contribution is 0.186. The molecule has 1 aromatic rings. The molecule has 1 heteroatoms. The van der Waals surface area contributed by atoms with E-state index in [0.717, 1.165) is 12.8 Å². The zero-order valence-corrected chi connectivity index (χ0v) is 12.0. The second kappa shape index (κ2) is 5.22. The van der Waals surface area contributed by atoms with Gasteiger partial charge in [0, 0.05) is 11.5 Å². The van der Waals surface area contributed by atoms with Crippen LogP contribution in [0.4, 0.5) is 0 Å². The van der Waals surface area contributed by atoms with Crippen LogP contribution in [0.2, 0.25) is 0 Å². The Balaban J connectivity index is 3.23. The van der Waals surface area contributed by atoms with Crippen LogP contribution in [0.25, 0.3) is 0 Å². The maximum absolute atomic E-state index is 6.58. The molecular formula is C16H27N. The van der Waals surface area contributed by atoms with Crippen LogP contribution in [-0.4, -0.2) is 6.04 Å². The Bertz CT molecular complexity index is 330. The molecule has 0 spiro atoms. The molecule has 0 fully saturated rings. The maximum atomic E-state index is 6.58. The Kier molecular flexibility index (Phi) is 4.37. The highest BCUT2D eigenvalue weighted by molar-refractivity contribution is 5.28. The van der Waals surface area contributed by atoms with Crippen molar-refractivity contribution in [2.75, 3.05) is 0 Å². The summed E-state index contributed by atoms with van der Waals surface area (Å²) >= 11 is 0. The van der Waals surface area contributed by atoms with Gasteiger partial charge in [0.05, 0.1) is 0 Å². The molecule has 0 aliphatic rings. The molecule has 1 nitrogen and oxygen atoms in total. The van der Waals surface area contributed by atoms with Crippen molar-refractivity contribution in [3.63, 3.8) is 0 Å². The van der Waals surface area contributed by atoms with Gasteiger partial charge < -0.3 is 5.73 Å². The van der Waals surface area contributed by atoms with E-state index in [9.17, 15) is 0 Å². The van der Waals surface area contributed by atoms with Gasteiger partial charge >= 0.3 is 0 Å². The molecule has 1 aromatic carbocycles. The highest BCUT2D eigenvalue weighted by Gasteiger charge is 2.40. The van der Waals surface area contributed by atoms with Crippen molar-refractivity contribution in [1.29, 1.82) is 0 Å². The Morgan fingerprint density at radius 1 is 1.00 bits per heavy atom. The molecule has 0 aliphatic carbocycles. The second-order valence-electron chi connectivity index (χ2n) is 6.07. The van der Waals surface area contributed by atoms with Gasteiger partial charge in [0.1, 0.15) is 0 Å². The first-order valence-electron chi connectivity index (χ1n) is 6.69. The summed E-state index contributed by atoms with van der Waals surface area (Å²) in [6, 6.07) is 10.9. The quantitative estimate of drug-likeness (QED) is 0.832. The zero-order valence-electron chi connectivity index (χ0n) is 12.0. The highest BCUT2D eigenvalue weighted by Crippen LogP contribution is 2.40. The van der Waals surface area contributed by atoms with Crippen LogP contribution in [0.5, 0.6) is 0 Å². The van der Waals surface area contributed by atoms with Crippen LogP contribution in [-0.2, 0) is 5.41 Å². The van der Waals surface area contributed by atoms with Crippen LogP contribution < -0.4 is 5.73 Å². The molecule has 96 valence electrons. The lowest BCUT2D eigenvalue weighted by Gasteiger charge is -2.45. The normalized spacial score (nSPS) is 14.7. The Morgan fingerprint density at radius 3 is 1.82 bits per heavy atom. The fraction of sp³-hybridized carbons (Fsp3) is 0.625. The average molecular weight is 233 g/mol. The Morgan fingerprint density at radius 2 is 1.47 bits per heavy atom. The van der Waals surface area contributed by atoms with Crippen molar-refractivity contribution in [2.45, 2.75) is 58.9 Å². The molecule has 1 rings (SSSR count). The van der Waals surface area contributed by atoms with Gasteiger partial charge in [-0.25, -0.2) is 0 Å². The van der Waals surface area contributed by atoms with Gasteiger partial charge in [-0.3, -0.25) is 0 Å². The van der Waals surface area contributed by atoms with Crippen LogP contribution in [0.1, 0.15) is 53.0 Å². The number of rotatable bonds is 4. The third-order valence-corrected chi connectivity index (χ3v) is 4.14. The average Bonchev–Trinajstić information content (AvgIpc) is 2.31. The highest BCUT2D eigenvalue weighted by atomic mass is 14.7. The molecule has 1 unspecified atom stereocenters. The maximum Gasteiger partial charge on any atom is 0.0185 e. The summed E-state index contributed by atoms with van der Waals surface area (Å²) in [6.45, 7) is 11.2. The fourth-order valence-corrected chi connectivity index (χ4v) is 2.88. The van der Waals surface area contributed by atoms with Crippen LogP contribution >= 0.6 is 0 Å². The molecule has 2 N–H and O–H groups in total. The summed E-state index contributed by atoms with van der Waals surface area (Å²) in [6.07, 6.45) is 2.18. The number of benzene rings is 1. The lowest BCUT2D eigenvalue weighted by atomic mass is 9.63. The van der Waals surface area contributed by atoms with Crippen molar-refractivity contribution < 1.29 is 0 Å². The minimum atomic E-state index is 0.0967. The van der Waals surface area contributed by atoms with E-state index in [2.05, 4.69) is 65.0 Å². The summed E-state index contributed by atoms with van der Waals surface area (Å²) < 4.78 is 0. The minimum Gasteiger partial charge on any atom is -0.326 e. The van der Waals surface area contributed by atoms with E-state index in [1.54, 1.807) is 0 Å². The van der Waals surface area contributed by atoms with Crippen molar-refractivity contribution in [3.05, 3.63) is 35.9 Å². The van der Waals surface area contributed by atoms with Crippen LogP contribution in [0, 0.1) is 5.41 Å². The van der Waals surface area contributed by atoms with E-state index in [-0.39, 0.29) is 16.9 Å². The first-order valence-corrected chi connectivity index (χ1v) is 6.69. The van der Waals surface area contributed by atoms with E-state index in [1.165, 1.54) is 5.56 Å². The summed E-state index contributed by atoms with van der Waals surface area (Å²) in [5, 5.41) is 0. The standard InChI is InChI=1S/C16H27N/c1-6-16(7-2,14(17)15(3,4)5)13-11-9-8-10-12-13/h8-12,14H,6-7,17H2,1-5H3. The van der Waals surface area contributed by atoms with Gasteiger partial charge in [-0.1, -0.05) is 65.0 Å². The van der Waals surface area contributed by atoms with E-state index in [4.69, 9.17) is 5.73 Å². The van der Waals surface area contributed by atoms with Gasteiger partial charge in [-0.2, -0.15) is 0 Å². The van der Waals surface area contributed by atoms with E-state index >= 15 is 0 Å². The van der Waals surface area contributed by atoms with Gasteiger partial charge in [0.15, 0.2) is 0 Å². The molecule has 0 saturated heterocycles. The Hall–Kier alpha value is -0.820. The smallest absolute Gasteiger partial charge is 0.0185 e. The molecule has 1 atom stereocenters. The molecule has 0 amide bonds. The molecule has 0 radical (unpaired) electrons. The zero-order chi connectivity index (χ0) is 13.1. The van der Waals surface area contributed by atoms with Crippen molar-refractivity contribution in [3.8, 4) is 0 Å². The van der Waals surface area contributed by atoms with E-state index in [0.29, 0.717) is 0 Å². The largest absolute Gasteiger partial charge is 0.326 e. The molecule has 0 saturated carbocycles. The van der Waals surface area contributed by atoms with E-state index in [1.807, 2.05) is 0 Å². The summed E-state index contributed by atoms with van der Waals surface area (Å²) in [5.74, 6) is 0. The Labute approximate surface area is 106 Å². The van der Waals surface area contributed by atoms with Gasteiger partial charge in [0.25, 0.3) is 0 Å². The topological polar surface area (TPSA) is 26.0 Å². The van der Waals surface area contributed by atoms with Gasteiger partial charge in [-0.15, -0.1) is 0 Å². The minimum absolute atomic E-state index is 0.0967. The van der Waals surface area contributed by atoms with Gasteiger partial charge in [0.2, 0.25) is 0 Å². The summed E-state index contributed by atoms with van der Waals surface area (Å²) in [4.78, 5) is 0. The lowest BCUT2D eigenvalue weighted by Crippen LogP contribution is -2.52. The first kappa shape index (κ1) is 14.2. The second-order valence-corrected chi connectivity index (χ2v) is 6.07. The van der Waals surface area contributed by atoms with Crippen molar-refractivity contribution >= 4 is 0 Å². The fourth-order valence-electron chi connectivity index (χ4n) is 2.88. The molecule has 0 aromatic heterocycles. The predicted molar refractivity (Wildman–Crippen MR) is 76.1 cm³/mol. The molecular weight excluding hydrogens is 206 g/mol. The van der Waals surface area contributed by atoms with E-state index < -0.39 is 0 Å². The number of hydrogen-bond donors (Lipinski definition) is 1. The molecule has 0 heterocycles. The molecule has 0 aliphatic heterocycles. The van der Waals surface area contributed by atoms with Crippen molar-refractivity contribution in [1.82, 2.24) is 0 Å². The third kappa shape index (κ3) is 2.71. The molecule has 17 heavy (non-hydrogen) atoms. The number of hydrogen-bond acceptors (Lipinski definition) is 1. The number of nitrogens with two attached hydrogens (primary N) is 1. The van der Waals surface area contributed by atoms with Gasteiger partial charge in [-0.05, 0) is 23.8 Å². The summed E-state index contributed by atoms with van der Waals surface area (Å²) in [7, 11) is 0. The van der Waals surface area contributed by atoms with Crippen LogP contribution in [0.3, 0.4) is 0 Å². The molecule has 0 bridgehead atoms. The predicted octanol–water partition coefficient (Wildman–Crippen LogP) is 4.12. The third-order valence-electron chi connectivity index (χ3n) is 4.14.